The third-order valence-corrected chi connectivity index (χ3v) is 9.60. The van der Waals surface area contributed by atoms with Crippen molar-refractivity contribution in [2.24, 2.45) is 0 Å². The molecule has 2 aromatic heterocycles. The maximum Gasteiger partial charge on any atom is 0.146 e. The molecule has 0 spiro atoms. The van der Waals surface area contributed by atoms with Gasteiger partial charge in [0.2, 0.25) is 0 Å². The van der Waals surface area contributed by atoms with Crippen LogP contribution in [0.4, 0.5) is 0 Å². The quantitative estimate of drug-likeness (QED) is 0.185. The van der Waals surface area contributed by atoms with E-state index in [1.807, 2.05) is 12.1 Å². The van der Waals surface area contributed by atoms with Crippen molar-refractivity contribution < 1.29 is 4.42 Å². The third kappa shape index (κ3) is 4.04. The Morgan fingerprint density at radius 1 is 0.396 bits per heavy atom. The van der Waals surface area contributed by atoms with E-state index >= 15 is 0 Å². The van der Waals surface area contributed by atoms with Crippen LogP contribution in [0.2, 0.25) is 0 Å². The van der Waals surface area contributed by atoms with E-state index in [-0.39, 0.29) is 0 Å². The minimum atomic E-state index is 0.895. The molecule has 10 aromatic rings. The van der Waals surface area contributed by atoms with Crippen molar-refractivity contribution >= 4 is 54.5 Å². The molecule has 224 valence electrons. The highest BCUT2D eigenvalue weighted by molar-refractivity contribution is 6.22. The maximum absolute atomic E-state index is 6.25. The lowest BCUT2D eigenvalue weighted by molar-refractivity contribution is 0.669. The molecule has 0 atom stereocenters. The molecule has 8 aromatic carbocycles. The van der Waals surface area contributed by atoms with Crippen molar-refractivity contribution in [1.82, 2.24) is 9.55 Å². The van der Waals surface area contributed by atoms with Crippen LogP contribution in [0.25, 0.3) is 93.8 Å². The van der Waals surface area contributed by atoms with Crippen LogP contribution < -0.4 is 0 Å². The number of benzene rings is 8. The third-order valence-electron chi connectivity index (χ3n) is 9.60. The van der Waals surface area contributed by atoms with Gasteiger partial charge in [0.15, 0.2) is 0 Å². The molecule has 10 rings (SSSR count). The van der Waals surface area contributed by atoms with Gasteiger partial charge >= 0.3 is 0 Å². The number of hydrogen-bond donors (Lipinski definition) is 0. The number of rotatable bonds is 4. The van der Waals surface area contributed by atoms with Crippen LogP contribution in [-0.2, 0) is 0 Å². The highest BCUT2D eigenvalue weighted by Gasteiger charge is 2.23. The maximum atomic E-state index is 6.25. The van der Waals surface area contributed by atoms with Gasteiger partial charge in [-0.05, 0) is 92.3 Å². The lowest BCUT2D eigenvalue weighted by atomic mass is 9.86. The van der Waals surface area contributed by atoms with Crippen LogP contribution >= 0.6 is 0 Å². The SMILES string of the molecule is c1ccc(-c2ccc3c(-c4nc5ccccc5n4-c4ccccc4)c4ccccc4c(-c4ccc5oc6ccccc6c5c4)c3c2)cc1. The molecule has 0 aliphatic carbocycles. The standard InChI is InChI=1S/C45H28N2O/c1-3-13-29(14-4-1)30-23-25-36-38(27-30)43(31-24-26-42-37(28-31)33-17-9-12-22-41(33)48-42)34-18-7-8-19-35(34)44(36)45-46-39-20-10-11-21-40(39)47(45)32-15-5-2-6-16-32/h1-28H. The molecule has 0 radical (unpaired) electrons. The molecule has 3 nitrogen and oxygen atoms in total. The van der Waals surface area contributed by atoms with E-state index in [9.17, 15) is 0 Å². The van der Waals surface area contributed by atoms with Crippen molar-refractivity contribution in [3.8, 4) is 39.3 Å². The lowest BCUT2D eigenvalue weighted by Gasteiger charge is -2.19. The first-order valence-corrected chi connectivity index (χ1v) is 16.3. The molecule has 0 aliphatic rings. The molecule has 0 fully saturated rings. The number of furan rings is 1. The van der Waals surface area contributed by atoms with Crippen LogP contribution in [0.3, 0.4) is 0 Å². The van der Waals surface area contributed by atoms with Gasteiger partial charge in [-0.3, -0.25) is 4.57 Å². The van der Waals surface area contributed by atoms with E-state index < -0.39 is 0 Å². The summed E-state index contributed by atoms with van der Waals surface area (Å²) in [5.41, 5.74) is 10.8. The van der Waals surface area contributed by atoms with Crippen molar-refractivity contribution in [3.05, 3.63) is 170 Å². The Morgan fingerprint density at radius 2 is 1.00 bits per heavy atom. The summed E-state index contributed by atoms with van der Waals surface area (Å²) in [6.07, 6.45) is 0. The van der Waals surface area contributed by atoms with Gasteiger partial charge in [0.1, 0.15) is 17.0 Å². The number of imidazole rings is 1. The Hall–Kier alpha value is -6.45. The Balaban J connectivity index is 1.36. The Labute approximate surface area is 277 Å². The minimum absolute atomic E-state index is 0.895. The zero-order valence-corrected chi connectivity index (χ0v) is 26.0. The summed E-state index contributed by atoms with van der Waals surface area (Å²) in [6.45, 7) is 0. The molecule has 0 amide bonds. The Morgan fingerprint density at radius 3 is 1.83 bits per heavy atom. The van der Waals surface area contributed by atoms with E-state index in [4.69, 9.17) is 9.40 Å². The topological polar surface area (TPSA) is 31.0 Å². The second kappa shape index (κ2) is 10.5. The Bertz CT molecular complexity index is 2830. The molecule has 2 heterocycles. The van der Waals surface area contributed by atoms with Crippen LogP contribution in [0.15, 0.2) is 174 Å². The predicted molar refractivity (Wildman–Crippen MR) is 200 cm³/mol. The number of hydrogen-bond acceptors (Lipinski definition) is 2. The monoisotopic (exact) mass is 612 g/mol. The van der Waals surface area contributed by atoms with Gasteiger partial charge in [0, 0.05) is 22.0 Å². The first kappa shape index (κ1) is 26.7. The van der Waals surface area contributed by atoms with Crippen LogP contribution in [0.1, 0.15) is 0 Å². The summed E-state index contributed by atoms with van der Waals surface area (Å²) in [5.74, 6) is 0.930. The van der Waals surface area contributed by atoms with Crippen LogP contribution in [-0.4, -0.2) is 9.55 Å². The summed E-state index contributed by atoms with van der Waals surface area (Å²) in [5, 5.41) is 6.94. The molecule has 0 aliphatic heterocycles. The fraction of sp³-hybridized carbons (Fsp3) is 0. The zero-order valence-electron chi connectivity index (χ0n) is 26.0. The van der Waals surface area contributed by atoms with E-state index in [0.29, 0.717) is 0 Å². The Kier molecular flexibility index (Phi) is 5.87. The molecule has 48 heavy (non-hydrogen) atoms. The van der Waals surface area contributed by atoms with Gasteiger partial charge < -0.3 is 4.42 Å². The first-order chi connectivity index (χ1) is 23.8. The van der Waals surface area contributed by atoms with E-state index in [0.717, 1.165) is 66.4 Å². The van der Waals surface area contributed by atoms with Gasteiger partial charge in [-0.2, -0.15) is 0 Å². The summed E-state index contributed by atoms with van der Waals surface area (Å²) < 4.78 is 8.56. The van der Waals surface area contributed by atoms with Gasteiger partial charge in [0.05, 0.1) is 11.0 Å². The predicted octanol–water partition coefficient (Wildman–Crippen LogP) is 12.2. The van der Waals surface area contributed by atoms with Crippen molar-refractivity contribution in [1.29, 1.82) is 0 Å². The van der Waals surface area contributed by atoms with Gasteiger partial charge in [0.25, 0.3) is 0 Å². The molecule has 0 saturated carbocycles. The average molecular weight is 613 g/mol. The molecule has 0 bridgehead atoms. The van der Waals surface area contributed by atoms with Gasteiger partial charge in [-0.25, -0.2) is 4.98 Å². The average Bonchev–Trinajstić information content (AvgIpc) is 3.72. The summed E-state index contributed by atoms with van der Waals surface area (Å²) in [4.78, 5) is 5.36. The van der Waals surface area contributed by atoms with E-state index in [1.54, 1.807) is 0 Å². The fourth-order valence-electron chi connectivity index (χ4n) is 7.45. The fourth-order valence-corrected chi connectivity index (χ4v) is 7.45. The van der Waals surface area contributed by atoms with Crippen LogP contribution in [0.5, 0.6) is 0 Å². The second-order valence-electron chi connectivity index (χ2n) is 12.3. The number of nitrogens with zero attached hydrogens (tertiary/aromatic N) is 2. The van der Waals surface area contributed by atoms with Crippen molar-refractivity contribution in [2.75, 3.05) is 0 Å². The highest BCUT2D eigenvalue weighted by atomic mass is 16.3. The van der Waals surface area contributed by atoms with E-state index in [2.05, 4.69) is 162 Å². The largest absolute Gasteiger partial charge is 0.456 e. The highest BCUT2D eigenvalue weighted by Crippen LogP contribution is 2.46. The zero-order chi connectivity index (χ0) is 31.6. The molecular weight excluding hydrogens is 585 g/mol. The normalized spacial score (nSPS) is 11.8. The lowest BCUT2D eigenvalue weighted by Crippen LogP contribution is -1.99. The number of aromatic nitrogens is 2. The van der Waals surface area contributed by atoms with Crippen molar-refractivity contribution in [2.45, 2.75) is 0 Å². The van der Waals surface area contributed by atoms with Crippen LogP contribution in [0, 0.1) is 0 Å². The molecular formula is C45H28N2O. The number of para-hydroxylation sites is 4. The van der Waals surface area contributed by atoms with Gasteiger partial charge in [-0.1, -0.05) is 121 Å². The smallest absolute Gasteiger partial charge is 0.146 e. The number of fused-ring (bicyclic) bond motifs is 6. The second-order valence-corrected chi connectivity index (χ2v) is 12.3. The summed E-state index contributed by atoms with van der Waals surface area (Å²) in [6, 6.07) is 60.3. The molecule has 3 heteroatoms. The first-order valence-electron chi connectivity index (χ1n) is 16.3. The van der Waals surface area contributed by atoms with Crippen molar-refractivity contribution in [3.63, 3.8) is 0 Å². The summed E-state index contributed by atoms with van der Waals surface area (Å²) >= 11 is 0. The molecule has 0 unspecified atom stereocenters. The molecule has 0 N–H and O–H groups in total. The molecule has 0 saturated heterocycles. The minimum Gasteiger partial charge on any atom is -0.456 e. The van der Waals surface area contributed by atoms with Gasteiger partial charge in [-0.15, -0.1) is 0 Å². The summed E-state index contributed by atoms with van der Waals surface area (Å²) in [7, 11) is 0. The van der Waals surface area contributed by atoms with E-state index in [1.165, 1.54) is 27.5 Å².